The molecule has 184 valence electrons. The summed E-state index contributed by atoms with van der Waals surface area (Å²) in [6, 6.07) is 16.7. The van der Waals surface area contributed by atoms with Gasteiger partial charge in [-0.05, 0) is 78.7 Å². The number of halogens is 2. The van der Waals surface area contributed by atoms with Crippen LogP contribution in [0.3, 0.4) is 0 Å². The number of carbonyl (C=O) groups excluding carboxylic acids is 3. The number of thioether (sulfide) groups is 1. The lowest BCUT2D eigenvalue weighted by Gasteiger charge is -2.14. The van der Waals surface area contributed by atoms with Crippen LogP contribution in [0.2, 0.25) is 5.02 Å². The Bertz CT molecular complexity index is 1370. The Labute approximate surface area is 217 Å². The predicted octanol–water partition coefficient (Wildman–Crippen LogP) is 6.35. The quantitative estimate of drug-likeness (QED) is 0.364. The van der Waals surface area contributed by atoms with E-state index in [1.54, 1.807) is 30.3 Å². The molecule has 0 spiro atoms. The molecule has 1 aliphatic heterocycles. The van der Waals surface area contributed by atoms with Crippen molar-refractivity contribution >= 4 is 52.2 Å². The van der Waals surface area contributed by atoms with Gasteiger partial charge in [-0.15, -0.1) is 0 Å². The lowest BCUT2D eigenvalue weighted by molar-refractivity contribution is -0.123. The van der Waals surface area contributed by atoms with Crippen molar-refractivity contribution < 1.29 is 23.5 Å². The molecule has 3 amide bonds. The molecule has 3 aromatic carbocycles. The van der Waals surface area contributed by atoms with Gasteiger partial charge in [-0.3, -0.25) is 19.3 Å². The van der Waals surface area contributed by atoms with Crippen LogP contribution >= 0.6 is 23.4 Å². The zero-order valence-electron chi connectivity index (χ0n) is 19.5. The number of anilines is 1. The fourth-order valence-electron chi connectivity index (χ4n) is 3.54. The fourth-order valence-corrected chi connectivity index (χ4v) is 4.61. The van der Waals surface area contributed by atoms with Crippen LogP contribution in [0.25, 0.3) is 6.08 Å². The minimum Gasteiger partial charge on any atom is -0.484 e. The number of hydrogen-bond acceptors (Lipinski definition) is 5. The van der Waals surface area contributed by atoms with Gasteiger partial charge >= 0.3 is 0 Å². The topological polar surface area (TPSA) is 75.7 Å². The highest BCUT2D eigenvalue weighted by Crippen LogP contribution is 2.35. The molecule has 1 heterocycles. The third kappa shape index (κ3) is 5.78. The van der Waals surface area contributed by atoms with Crippen LogP contribution in [0.4, 0.5) is 14.9 Å². The van der Waals surface area contributed by atoms with E-state index in [4.69, 9.17) is 16.3 Å². The molecule has 0 atom stereocenters. The van der Waals surface area contributed by atoms with Crippen molar-refractivity contribution in [3.05, 3.63) is 98.7 Å². The van der Waals surface area contributed by atoms with E-state index in [1.165, 1.54) is 18.2 Å². The van der Waals surface area contributed by atoms with Gasteiger partial charge in [0.15, 0.2) is 6.61 Å². The van der Waals surface area contributed by atoms with Gasteiger partial charge in [0.25, 0.3) is 17.1 Å². The van der Waals surface area contributed by atoms with Crippen LogP contribution in [0, 0.1) is 19.7 Å². The molecule has 9 heteroatoms. The molecule has 6 nitrogen and oxygen atoms in total. The van der Waals surface area contributed by atoms with E-state index < -0.39 is 17.0 Å². The maximum absolute atomic E-state index is 14.1. The maximum atomic E-state index is 14.1. The van der Waals surface area contributed by atoms with E-state index in [-0.39, 0.29) is 34.6 Å². The molecule has 0 aromatic heterocycles. The summed E-state index contributed by atoms with van der Waals surface area (Å²) >= 11 is 6.81. The molecule has 3 aromatic rings. The summed E-state index contributed by atoms with van der Waals surface area (Å²) in [5, 5.41) is 2.47. The van der Waals surface area contributed by atoms with Gasteiger partial charge < -0.3 is 10.1 Å². The van der Waals surface area contributed by atoms with Crippen molar-refractivity contribution in [1.82, 2.24) is 4.90 Å². The zero-order valence-corrected chi connectivity index (χ0v) is 21.1. The molecule has 1 fully saturated rings. The lowest BCUT2D eigenvalue weighted by atomic mass is 10.1. The fraction of sp³-hybridized carbons (Fsp3) is 0.148. The number of hydrogen-bond donors (Lipinski definition) is 1. The minimum atomic E-state index is -0.586. The van der Waals surface area contributed by atoms with E-state index in [0.717, 1.165) is 33.5 Å². The second-order valence-electron chi connectivity index (χ2n) is 8.12. The Morgan fingerprint density at radius 1 is 1.11 bits per heavy atom. The Balaban J connectivity index is 1.42. The third-order valence-electron chi connectivity index (χ3n) is 5.66. The second kappa shape index (κ2) is 11.0. The van der Waals surface area contributed by atoms with Gasteiger partial charge in [-0.25, -0.2) is 4.39 Å². The van der Waals surface area contributed by atoms with Crippen LogP contribution in [0.1, 0.15) is 22.3 Å². The first-order valence-corrected chi connectivity index (χ1v) is 12.2. The van der Waals surface area contributed by atoms with Crippen LogP contribution in [0.5, 0.6) is 5.75 Å². The molecule has 0 aliphatic carbocycles. The van der Waals surface area contributed by atoms with Crippen LogP contribution in [-0.4, -0.2) is 28.6 Å². The Hall–Kier alpha value is -3.62. The summed E-state index contributed by atoms with van der Waals surface area (Å²) in [5.74, 6) is -1.00. The number of benzene rings is 3. The second-order valence-corrected chi connectivity index (χ2v) is 9.53. The Morgan fingerprint density at radius 2 is 1.86 bits per heavy atom. The molecule has 1 aliphatic rings. The summed E-state index contributed by atoms with van der Waals surface area (Å²) in [5.41, 5.74) is 3.47. The van der Waals surface area contributed by atoms with Gasteiger partial charge in [0.05, 0.1) is 11.4 Å². The highest BCUT2D eigenvalue weighted by Gasteiger charge is 2.35. The van der Waals surface area contributed by atoms with E-state index >= 15 is 0 Å². The van der Waals surface area contributed by atoms with Crippen molar-refractivity contribution in [2.75, 3.05) is 11.9 Å². The molecule has 4 rings (SSSR count). The van der Waals surface area contributed by atoms with Gasteiger partial charge in [0, 0.05) is 16.3 Å². The zero-order chi connectivity index (χ0) is 25.8. The molecule has 36 heavy (non-hydrogen) atoms. The number of amides is 3. The van der Waals surface area contributed by atoms with Crippen molar-refractivity contribution in [1.29, 1.82) is 0 Å². The van der Waals surface area contributed by atoms with E-state index in [0.29, 0.717) is 11.3 Å². The molecule has 0 bridgehead atoms. The number of aryl methyl sites for hydroxylation is 1. The van der Waals surface area contributed by atoms with E-state index in [1.807, 2.05) is 32.0 Å². The van der Waals surface area contributed by atoms with E-state index in [9.17, 15) is 18.8 Å². The number of nitrogens with zero attached hydrogens (tertiary/aromatic N) is 1. The Morgan fingerprint density at radius 3 is 2.64 bits per heavy atom. The third-order valence-corrected chi connectivity index (χ3v) is 6.92. The summed E-state index contributed by atoms with van der Waals surface area (Å²) < 4.78 is 19.8. The molecule has 1 N–H and O–H groups in total. The average Bonchev–Trinajstić information content (AvgIpc) is 3.10. The smallest absolute Gasteiger partial charge is 0.293 e. The summed E-state index contributed by atoms with van der Waals surface area (Å²) in [4.78, 5) is 38.8. The van der Waals surface area contributed by atoms with Crippen molar-refractivity contribution in [3.8, 4) is 5.75 Å². The molecular weight excluding hydrogens is 503 g/mol. The number of ether oxygens (including phenoxy) is 1. The van der Waals surface area contributed by atoms with Gasteiger partial charge in [-0.2, -0.15) is 0 Å². The summed E-state index contributed by atoms with van der Waals surface area (Å²) in [6.45, 7) is 3.45. The van der Waals surface area contributed by atoms with Crippen molar-refractivity contribution in [2.24, 2.45) is 0 Å². The molecule has 1 saturated heterocycles. The van der Waals surface area contributed by atoms with Crippen LogP contribution in [-0.2, 0) is 16.1 Å². The number of rotatable bonds is 7. The summed E-state index contributed by atoms with van der Waals surface area (Å²) in [7, 11) is 0. The van der Waals surface area contributed by atoms with E-state index in [2.05, 4.69) is 5.32 Å². The SMILES string of the molecule is Cc1cccc(NC(=O)COc2cccc(/C=C3\SC(=O)N(Cc4c(F)cccc4Cl)C3=O)c2)c1C. The first-order valence-electron chi connectivity index (χ1n) is 11.0. The lowest BCUT2D eigenvalue weighted by Crippen LogP contribution is -2.28. The average molecular weight is 525 g/mol. The largest absolute Gasteiger partial charge is 0.484 e. The van der Waals surface area contributed by atoms with Gasteiger partial charge in [0.1, 0.15) is 11.6 Å². The molecule has 0 saturated carbocycles. The van der Waals surface area contributed by atoms with Crippen molar-refractivity contribution in [3.63, 3.8) is 0 Å². The molecular formula is C27H22ClFN2O4S. The molecule has 0 unspecified atom stereocenters. The normalized spacial score (nSPS) is 14.4. The van der Waals surface area contributed by atoms with Crippen molar-refractivity contribution in [2.45, 2.75) is 20.4 Å². The van der Waals surface area contributed by atoms with Gasteiger partial charge in [-0.1, -0.05) is 41.9 Å². The van der Waals surface area contributed by atoms with Crippen LogP contribution < -0.4 is 10.1 Å². The van der Waals surface area contributed by atoms with Gasteiger partial charge in [0.2, 0.25) is 0 Å². The highest BCUT2D eigenvalue weighted by atomic mass is 35.5. The number of carbonyl (C=O) groups is 3. The summed E-state index contributed by atoms with van der Waals surface area (Å²) in [6.07, 6.45) is 1.55. The Kier molecular flexibility index (Phi) is 7.76. The maximum Gasteiger partial charge on any atom is 0.293 e. The predicted molar refractivity (Wildman–Crippen MR) is 139 cm³/mol. The number of nitrogens with one attached hydrogen (secondary N) is 1. The minimum absolute atomic E-state index is 0.0808. The number of imide groups is 1. The first kappa shape index (κ1) is 25.5. The molecule has 0 radical (unpaired) electrons. The highest BCUT2D eigenvalue weighted by molar-refractivity contribution is 8.18. The monoisotopic (exact) mass is 524 g/mol. The standard InChI is InChI=1S/C27H22ClFN2O4S/c1-16-6-3-11-23(17(16)2)30-25(32)15-35-19-8-4-7-18(12-19)13-24-26(33)31(27(34)36-24)14-20-21(28)9-5-10-22(20)29/h3-13H,14-15H2,1-2H3,(H,30,32)/b24-13-. The van der Waals surface area contributed by atoms with Crippen LogP contribution in [0.15, 0.2) is 65.6 Å². The first-order chi connectivity index (χ1) is 17.2.